The maximum Gasteiger partial charge on any atom is 0.308 e. The van der Waals surface area contributed by atoms with Crippen molar-refractivity contribution >= 4 is 14.0 Å². The third-order valence-electron chi connectivity index (χ3n) is 3.37. The van der Waals surface area contributed by atoms with Crippen LogP contribution in [-0.2, 0) is 9.53 Å². The summed E-state index contributed by atoms with van der Waals surface area (Å²) in [6.07, 6.45) is 4.54. The first-order valence-corrected chi connectivity index (χ1v) is 10.3. The van der Waals surface area contributed by atoms with Gasteiger partial charge in [-0.05, 0) is 24.8 Å². The number of ether oxygens (including phenoxy) is 1. The third kappa shape index (κ3) is 5.15. The van der Waals surface area contributed by atoms with Crippen LogP contribution in [0.2, 0.25) is 25.7 Å². The van der Waals surface area contributed by atoms with Gasteiger partial charge in [0.15, 0.2) is 0 Å². The Hall–Kier alpha value is -0.313. The van der Waals surface area contributed by atoms with Crippen LogP contribution in [0.3, 0.4) is 0 Å². The van der Waals surface area contributed by atoms with Crippen molar-refractivity contribution in [2.45, 2.75) is 58.3 Å². The molecule has 0 unspecified atom stereocenters. The fourth-order valence-electron chi connectivity index (χ4n) is 2.22. The summed E-state index contributed by atoms with van der Waals surface area (Å²) in [6, 6.07) is 1.08. The van der Waals surface area contributed by atoms with Gasteiger partial charge in [0.1, 0.15) is 0 Å². The molecule has 0 saturated heterocycles. The number of hydrogen-bond acceptors (Lipinski definition) is 2. The van der Waals surface area contributed by atoms with Gasteiger partial charge in [-0.2, -0.15) is 0 Å². The second-order valence-corrected chi connectivity index (χ2v) is 12.1. The van der Waals surface area contributed by atoms with Crippen molar-refractivity contribution in [2.24, 2.45) is 11.8 Å². The molecule has 1 aliphatic carbocycles. The molecule has 0 aromatic rings. The average molecular weight is 242 g/mol. The molecule has 94 valence electrons. The first-order chi connectivity index (χ1) is 7.38. The molecule has 3 heteroatoms. The highest BCUT2D eigenvalue weighted by Gasteiger charge is 2.26. The second kappa shape index (κ2) is 5.85. The summed E-state index contributed by atoms with van der Waals surface area (Å²) in [5, 5.41) is 0. The number of esters is 1. The molecule has 2 atom stereocenters. The van der Waals surface area contributed by atoms with E-state index in [2.05, 4.69) is 26.6 Å². The van der Waals surface area contributed by atoms with Crippen molar-refractivity contribution in [2.75, 3.05) is 6.61 Å². The summed E-state index contributed by atoms with van der Waals surface area (Å²) in [5.41, 5.74) is 0. The molecule has 0 aliphatic heterocycles. The predicted octanol–water partition coefficient (Wildman–Crippen LogP) is 3.69. The minimum Gasteiger partial charge on any atom is -0.466 e. The van der Waals surface area contributed by atoms with Gasteiger partial charge in [0.25, 0.3) is 0 Å². The highest BCUT2D eigenvalue weighted by molar-refractivity contribution is 6.76. The van der Waals surface area contributed by atoms with Crippen LogP contribution in [-0.4, -0.2) is 20.7 Å². The Morgan fingerprint density at radius 3 is 2.56 bits per heavy atom. The standard InChI is InChI=1S/C13H26O2Si/c1-11-6-5-7-12(10-11)13(14)15-8-9-16(2,3)4/h11-12H,5-10H2,1-4H3/t11-,12+/m0/s1. The maximum atomic E-state index is 11.8. The van der Waals surface area contributed by atoms with Gasteiger partial charge < -0.3 is 4.74 Å². The van der Waals surface area contributed by atoms with Gasteiger partial charge in [-0.15, -0.1) is 0 Å². The molecule has 0 spiro atoms. The van der Waals surface area contributed by atoms with Gasteiger partial charge in [0, 0.05) is 8.07 Å². The molecule has 0 amide bonds. The Bertz CT molecular complexity index is 233. The third-order valence-corrected chi connectivity index (χ3v) is 5.07. The molecule has 0 aromatic heterocycles. The van der Waals surface area contributed by atoms with Crippen molar-refractivity contribution in [3.05, 3.63) is 0 Å². The smallest absolute Gasteiger partial charge is 0.308 e. The van der Waals surface area contributed by atoms with Gasteiger partial charge in [-0.3, -0.25) is 4.79 Å². The molecule has 2 nitrogen and oxygen atoms in total. The van der Waals surface area contributed by atoms with Crippen LogP contribution in [0.15, 0.2) is 0 Å². The van der Waals surface area contributed by atoms with Crippen LogP contribution in [0.25, 0.3) is 0 Å². The Morgan fingerprint density at radius 1 is 1.31 bits per heavy atom. The molecule has 0 radical (unpaired) electrons. The normalized spacial score (nSPS) is 26.5. The van der Waals surface area contributed by atoms with E-state index in [4.69, 9.17) is 4.74 Å². The van der Waals surface area contributed by atoms with Crippen molar-refractivity contribution in [1.82, 2.24) is 0 Å². The minimum absolute atomic E-state index is 0.0600. The van der Waals surface area contributed by atoms with Crippen LogP contribution in [0.5, 0.6) is 0 Å². The van der Waals surface area contributed by atoms with Crippen molar-refractivity contribution in [3.63, 3.8) is 0 Å². The van der Waals surface area contributed by atoms with Gasteiger partial charge in [0.05, 0.1) is 12.5 Å². The molecule has 16 heavy (non-hydrogen) atoms. The fraction of sp³-hybridized carbons (Fsp3) is 0.923. The predicted molar refractivity (Wildman–Crippen MR) is 70.2 cm³/mol. The van der Waals surface area contributed by atoms with Gasteiger partial charge in [-0.25, -0.2) is 0 Å². The Balaban J connectivity index is 2.24. The monoisotopic (exact) mass is 242 g/mol. The summed E-state index contributed by atoms with van der Waals surface area (Å²) in [5.74, 6) is 0.943. The topological polar surface area (TPSA) is 26.3 Å². The highest BCUT2D eigenvalue weighted by atomic mass is 28.3. The largest absolute Gasteiger partial charge is 0.466 e. The van der Waals surface area contributed by atoms with Crippen molar-refractivity contribution in [3.8, 4) is 0 Å². The first kappa shape index (κ1) is 13.8. The molecular formula is C13H26O2Si. The molecule has 1 fully saturated rings. The molecule has 1 rings (SSSR count). The minimum atomic E-state index is -1.06. The molecular weight excluding hydrogens is 216 g/mol. The van der Waals surface area contributed by atoms with E-state index in [0.29, 0.717) is 12.5 Å². The Kier molecular flexibility index (Phi) is 5.03. The number of hydrogen-bond donors (Lipinski definition) is 0. The molecule has 0 N–H and O–H groups in total. The summed E-state index contributed by atoms with van der Waals surface area (Å²) >= 11 is 0. The van der Waals surface area contributed by atoms with Gasteiger partial charge in [-0.1, -0.05) is 39.4 Å². The SMILES string of the molecule is C[C@H]1CCC[C@@H](C(=O)OCC[Si](C)(C)C)C1. The number of rotatable bonds is 4. The number of carbonyl (C=O) groups is 1. The zero-order valence-electron chi connectivity index (χ0n) is 11.2. The first-order valence-electron chi connectivity index (χ1n) is 6.55. The van der Waals surface area contributed by atoms with E-state index in [1.165, 1.54) is 12.8 Å². The van der Waals surface area contributed by atoms with E-state index < -0.39 is 8.07 Å². The van der Waals surface area contributed by atoms with Crippen LogP contribution in [0.4, 0.5) is 0 Å². The van der Waals surface area contributed by atoms with E-state index in [-0.39, 0.29) is 11.9 Å². The lowest BCUT2D eigenvalue weighted by atomic mass is 9.82. The zero-order valence-corrected chi connectivity index (χ0v) is 12.2. The lowest BCUT2D eigenvalue weighted by molar-refractivity contribution is -0.149. The lowest BCUT2D eigenvalue weighted by Crippen LogP contribution is -2.27. The Morgan fingerprint density at radius 2 is 2.00 bits per heavy atom. The van der Waals surface area contributed by atoms with Crippen LogP contribution >= 0.6 is 0 Å². The van der Waals surface area contributed by atoms with Crippen LogP contribution in [0.1, 0.15) is 32.6 Å². The van der Waals surface area contributed by atoms with E-state index in [9.17, 15) is 4.79 Å². The van der Waals surface area contributed by atoms with Gasteiger partial charge >= 0.3 is 5.97 Å². The van der Waals surface area contributed by atoms with E-state index in [1.807, 2.05) is 0 Å². The highest BCUT2D eigenvalue weighted by Crippen LogP contribution is 2.29. The Labute approximate surface area is 101 Å². The maximum absolute atomic E-state index is 11.8. The molecule has 1 saturated carbocycles. The van der Waals surface area contributed by atoms with E-state index in [0.717, 1.165) is 18.9 Å². The average Bonchev–Trinajstić information content (AvgIpc) is 2.15. The van der Waals surface area contributed by atoms with Crippen molar-refractivity contribution < 1.29 is 9.53 Å². The quantitative estimate of drug-likeness (QED) is 0.555. The summed E-state index contributed by atoms with van der Waals surface area (Å²) in [4.78, 5) is 11.8. The molecule has 0 bridgehead atoms. The van der Waals surface area contributed by atoms with Crippen molar-refractivity contribution in [1.29, 1.82) is 0 Å². The van der Waals surface area contributed by atoms with E-state index in [1.54, 1.807) is 0 Å². The van der Waals surface area contributed by atoms with Crippen LogP contribution < -0.4 is 0 Å². The second-order valence-electron chi connectivity index (χ2n) is 6.45. The summed E-state index contributed by atoms with van der Waals surface area (Å²) < 4.78 is 5.40. The van der Waals surface area contributed by atoms with Gasteiger partial charge in [0.2, 0.25) is 0 Å². The molecule has 0 heterocycles. The molecule has 0 aromatic carbocycles. The number of carbonyl (C=O) groups excluding carboxylic acids is 1. The van der Waals surface area contributed by atoms with Crippen LogP contribution in [0, 0.1) is 11.8 Å². The molecule has 1 aliphatic rings. The summed E-state index contributed by atoms with van der Waals surface area (Å²) in [6.45, 7) is 9.80. The van der Waals surface area contributed by atoms with E-state index >= 15 is 0 Å². The summed E-state index contributed by atoms with van der Waals surface area (Å²) in [7, 11) is -1.06. The zero-order chi connectivity index (χ0) is 12.2. The fourth-order valence-corrected chi connectivity index (χ4v) is 2.94. The lowest BCUT2D eigenvalue weighted by Gasteiger charge is -2.25.